The lowest BCUT2D eigenvalue weighted by atomic mass is 10.0. The van der Waals surface area contributed by atoms with Crippen molar-refractivity contribution in [1.29, 1.82) is 0 Å². The third kappa shape index (κ3) is 3.99. The minimum absolute atomic E-state index is 0.204. The van der Waals surface area contributed by atoms with E-state index >= 15 is 0 Å². The van der Waals surface area contributed by atoms with Crippen molar-refractivity contribution in [1.82, 2.24) is 4.90 Å². The molecular weight excluding hydrogens is 360 g/mol. The van der Waals surface area contributed by atoms with Crippen LogP contribution in [0.25, 0.3) is 0 Å². The highest BCUT2D eigenvalue weighted by atomic mass is 35.5. The minimum atomic E-state index is -1.08. The van der Waals surface area contributed by atoms with Crippen LogP contribution in [-0.4, -0.2) is 60.1 Å². The Kier molecular flexibility index (Phi) is 5.78. The van der Waals surface area contributed by atoms with E-state index in [9.17, 15) is 19.5 Å². The third-order valence-corrected chi connectivity index (χ3v) is 5.11. The van der Waals surface area contributed by atoms with Crippen LogP contribution in [-0.2, 0) is 19.1 Å². The number of hydrogen-bond donors (Lipinski definition) is 1. The fourth-order valence-electron chi connectivity index (χ4n) is 3.52. The summed E-state index contributed by atoms with van der Waals surface area (Å²) in [7, 11) is 0. The highest BCUT2D eigenvalue weighted by Crippen LogP contribution is 2.29. The number of anilines is 1. The van der Waals surface area contributed by atoms with E-state index < -0.39 is 24.3 Å². The number of amides is 2. The van der Waals surface area contributed by atoms with Gasteiger partial charge in [-0.1, -0.05) is 11.6 Å². The minimum Gasteiger partial charge on any atom is -0.480 e. The summed E-state index contributed by atoms with van der Waals surface area (Å²) in [5.74, 6) is -2.61. The van der Waals surface area contributed by atoms with Gasteiger partial charge in [0, 0.05) is 36.5 Å². The van der Waals surface area contributed by atoms with Gasteiger partial charge in [0.25, 0.3) is 0 Å². The van der Waals surface area contributed by atoms with Crippen LogP contribution in [0.15, 0.2) is 24.3 Å². The summed E-state index contributed by atoms with van der Waals surface area (Å²) in [6.45, 7) is 1.01. The molecule has 1 aromatic rings. The number of carbonyl (C=O) groups is 3. The maximum Gasteiger partial charge on any atom is 0.323 e. The van der Waals surface area contributed by atoms with Gasteiger partial charge >= 0.3 is 5.97 Å². The van der Waals surface area contributed by atoms with Gasteiger partial charge in [-0.25, -0.2) is 0 Å². The number of ether oxygens (including phenoxy) is 1. The SMILES string of the molecule is O=C(O)CN(C(=O)C1CCN(c2ccc(Cl)cc2)C1=O)C1CCOCC1. The maximum absolute atomic E-state index is 13.0. The number of nitrogens with zero attached hydrogens (tertiary/aromatic N) is 2. The highest BCUT2D eigenvalue weighted by molar-refractivity contribution is 6.30. The highest BCUT2D eigenvalue weighted by Gasteiger charge is 2.42. The number of aliphatic carboxylic acids is 1. The number of carbonyl (C=O) groups excluding carboxylic acids is 2. The molecule has 2 fully saturated rings. The molecule has 1 aromatic carbocycles. The van der Waals surface area contributed by atoms with E-state index in [1.165, 1.54) is 4.90 Å². The van der Waals surface area contributed by atoms with E-state index in [-0.39, 0.29) is 11.9 Å². The molecule has 140 valence electrons. The van der Waals surface area contributed by atoms with Gasteiger partial charge in [-0.2, -0.15) is 0 Å². The van der Waals surface area contributed by atoms with E-state index in [0.717, 1.165) is 0 Å². The zero-order valence-electron chi connectivity index (χ0n) is 14.3. The Morgan fingerprint density at radius 1 is 1.19 bits per heavy atom. The van der Waals surface area contributed by atoms with Gasteiger partial charge in [0.15, 0.2) is 0 Å². The van der Waals surface area contributed by atoms with Crippen molar-refractivity contribution in [3.8, 4) is 0 Å². The van der Waals surface area contributed by atoms with E-state index in [0.29, 0.717) is 49.7 Å². The number of rotatable bonds is 5. The zero-order valence-corrected chi connectivity index (χ0v) is 15.0. The van der Waals surface area contributed by atoms with Crippen LogP contribution in [0.2, 0.25) is 5.02 Å². The van der Waals surface area contributed by atoms with Crippen LogP contribution in [0.5, 0.6) is 0 Å². The lowest BCUT2D eigenvalue weighted by molar-refractivity contribution is -0.151. The molecule has 7 nitrogen and oxygen atoms in total. The van der Waals surface area contributed by atoms with Crippen LogP contribution in [0.4, 0.5) is 5.69 Å². The monoisotopic (exact) mass is 380 g/mol. The molecular formula is C18H21ClN2O5. The van der Waals surface area contributed by atoms with Gasteiger partial charge < -0.3 is 19.6 Å². The van der Waals surface area contributed by atoms with E-state index in [2.05, 4.69) is 0 Å². The molecule has 0 spiro atoms. The van der Waals surface area contributed by atoms with Crippen LogP contribution >= 0.6 is 11.6 Å². The molecule has 0 aromatic heterocycles. The predicted molar refractivity (Wildman–Crippen MR) is 95.1 cm³/mol. The van der Waals surface area contributed by atoms with Crippen molar-refractivity contribution >= 4 is 35.1 Å². The molecule has 1 unspecified atom stereocenters. The summed E-state index contributed by atoms with van der Waals surface area (Å²) in [5, 5.41) is 9.76. The smallest absolute Gasteiger partial charge is 0.323 e. The van der Waals surface area contributed by atoms with Crippen molar-refractivity contribution in [2.24, 2.45) is 5.92 Å². The molecule has 0 bridgehead atoms. The van der Waals surface area contributed by atoms with Crippen LogP contribution in [0, 0.1) is 5.92 Å². The lowest BCUT2D eigenvalue weighted by Gasteiger charge is -2.34. The van der Waals surface area contributed by atoms with Gasteiger partial charge in [-0.3, -0.25) is 14.4 Å². The molecule has 1 N–H and O–H groups in total. The Hall–Kier alpha value is -2.12. The fraction of sp³-hybridized carbons (Fsp3) is 0.500. The van der Waals surface area contributed by atoms with E-state index in [4.69, 9.17) is 16.3 Å². The molecule has 2 aliphatic rings. The average molecular weight is 381 g/mol. The Morgan fingerprint density at radius 2 is 1.85 bits per heavy atom. The maximum atomic E-state index is 13.0. The van der Waals surface area contributed by atoms with Gasteiger partial charge in [0.2, 0.25) is 11.8 Å². The first-order valence-corrected chi connectivity index (χ1v) is 9.02. The number of carboxylic acid groups (broad SMARTS) is 1. The van der Waals surface area contributed by atoms with Gasteiger partial charge in [-0.05, 0) is 43.5 Å². The molecule has 3 rings (SSSR count). The Labute approximate surface area is 156 Å². The van der Waals surface area contributed by atoms with Crippen LogP contribution < -0.4 is 4.90 Å². The number of halogens is 1. The quantitative estimate of drug-likeness (QED) is 0.787. The first-order chi connectivity index (χ1) is 12.5. The summed E-state index contributed by atoms with van der Waals surface area (Å²) in [6, 6.07) is 6.65. The molecule has 0 aliphatic carbocycles. The van der Waals surface area contributed by atoms with Crippen molar-refractivity contribution in [3.05, 3.63) is 29.3 Å². The molecule has 2 amide bonds. The van der Waals surface area contributed by atoms with Crippen molar-refractivity contribution in [2.75, 3.05) is 31.2 Å². The summed E-state index contributed by atoms with van der Waals surface area (Å²) in [5.41, 5.74) is 0.686. The zero-order chi connectivity index (χ0) is 18.7. The molecule has 26 heavy (non-hydrogen) atoms. The van der Waals surface area contributed by atoms with E-state index in [1.807, 2.05) is 0 Å². The molecule has 1 atom stereocenters. The van der Waals surface area contributed by atoms with Crippen LogP contribution in [0.3, 0.4) is 0 Å². The summed E-state index contributed by atoms with van der Waals surface area (Å²) in [6.07, 6.45) is 1.54. The number of hydrogen-bond acceptors (Lipinski definition) is 4. The average Bonchev–Trinajstić information content (AvgIpc) is 3.02. The first kappa shape index (κ1) is 18.7. The second-order valence-corrected chi connectivity index (χ2v) is 6.95. The Bertz CT molecular complexity index is 687. The van der Waals surface area contributed by atoms with Crippen molar-refractivity contribution < 1.29 is 24.2 Å². The lowest BCUT2D eigenvalue weighted by Crippen LogP contribution is -2.49. The summed E-state index contributed by atoms with van der Waals surface area (Å²) >= 11 is 5.88. The number of carboxylic acids is 1. The van der Waals surface area contributed by atoms with Crippen molar-refractivity contribution in [2.45, 2.75) is 25.3 Å². The van der Waals surface area contributed by atoms with Gasteiger partial charge in [0.05, 0.1) is 0 Å². The second-order valence-electron chi connectivity index (χ2n) is 6.51. The summed E-state index contributed by atoms with van der Waals surface area (Å²) < 4.78 is 5.29. The second kappa shape index (κ2) is 8.05. The first-order valence-electron chi connectivity index (χ1n) is 8.64. The third-order valence-electron chi connectivity index (χ3n) is 4.86. The molecule has 2 heterocycles. The topological polar surface area (TPSA) is 87.2 Å². The fourth-order valence-corrected chi connectivity index (χ4v) is 3.64. The summed E-state index contributed by atoms with van der Waals surface area (Å²) in [4.78, 5) is 39.9. The van der Waals surface area contributed by atoms with Crippen LogP contribution in [0.1, 0.15) is 19.3 Å². The Morgan fingerprint density at radius 3 is 2.46 bits per heavy atom. The molecule has 2 aliphatic heterocycles. The molecule has 8 heteroatoms. The molecule has 2 saturated heterocycles. The standard InChI is InChI=1S/C18H21ClN2O5/c19-12-1-3-13(4-2-12)20-8-5-15(17(20)24)18(25)21(11-16(22)23)14-6-9-26-10-7-14/h1-4,14-15H,5-11H2,(H,22,23). The molecule has 0 radical (unpaired) electrons. The predicted octanol–water partition coefficient (Wildman–Crippen LogP) is 1.79. The largest absolute Gasteiger partial charge is 0.480 e. The van der Waals surface area contributed by atoms with E-state index in [1.54, 1.807) is 29.2 Å². The number of benzene rings is 1. The normalized spacial score (nSPS) is 21.0. The molecule has 0 saturated carbocycles. The van der Waals surface area contributed by atoms with Crippen molar-refractivity contribution in [3.63, 3.8) is 0 Å². The Balaban J connectivity index is 1.75. The van der Waals surface area contributed by atoms with Gasteiger partial charge in [0.1, 0.15) is 12.5 Å². The van der Waals surface area contributed by atoms with Gasteiger partial charge in [-0.15, -0.1) is 0 Å².